The molecule has 0 aromatic heterocycles. The predicted octanol–water partition coefficient (Wildman–Crippen LogP) is 2.04. The summed E-state index contributed by atoms with van der Waals surface area (Å²) in [4.78, 5) is 0. The average Bonchev–Trinajstić information content (AvgIpc) is 2.28. The Hall–Kier alpha value is -0.970. The van der Waals surface area contributed by atoms with E-state index in [-0.39, 0.29) is 6.61 Å². The van der Waals surface area contributed by atoms with Gasteiger partial charge in [-0.05, 0) is 6.07 Å². The van der Waals surface area contributed by atoms with Crippen LogP contribution in [0.2, 0.25) is 5.02 Å². The molecule has 0 aliphatic heterocycles. The number of aliphatic hydroxyl groups is 1. The van der Waals surface area contributed by atoms with Crippen molar-refractivity contribution in [3.05, 3.63) is 22.7 Å². The highest BCUT2D eigenvalue weighted by molar-refractivity contribution is 6.33. The number of benzene rings is 1. The summed E-state index contributed by atoms with van der Waals surface area (Å²) < 4.78 is 15.1. The minimum atomic E-state index is -0.780. The van der Waals surface area contributed by atoms with Crippen molar-refractivity contribution in [2.45, 2.75) is 6.10 Å². The molecule has 5 heteroatoms. The monoisotopic (exact) mass is 246 g/mol. The SMILES string of the molecule is COCC(O)c1ccc(OC)c(OC)c1Cl. The van der Waals surface area contributed by atoms with Gasteiger partial charge in [0.15, 0.2) is 11.5 Å². The topological polar surface area (TPSA) is 47.9 Å². The molecule has 0 spiro atoms. The van der Waals surface area contributed by atoms with E-state index in [1.54, 1.807) is 12.1 Å². The van der Waals surface area contributed by atoms with Gasteiger partial charge in [0.05, 0.1) is 25.8 Å². The van der Waals surface area contributed by atoms with Gasteiger partial charge in [-0.15, -0.1) is 0 Å². The number of rotatable bonds is 5. The molecule has 1 atom stereocenters. The molecular formula is C11H15ClO4. The highest BCUT2D eigenvalue weighted by Gasteiger charge is 2.18. The van der Waals surface area contributed by atoms with Crippen molar-refractivity contribution in [2.24, 2.45) is 0 Å². The maximum Gasteiger partial charge on any atom is 0.179 e. The van der Waals surface area contributed by atoms with Crippen LogP contribution in [-0.4, -0.2) is 33.0 Å². The lowest BCUT2D eigenvalue weighted by Crippen LogP contribution is -2.06. The van der Waals surface area contributed by atoms with Gasteiger partial charge in [-0.1, -0.05) is 17.7 Å². The summed E-state index contributed by atoms with van der Waals surface area (Å²) in [6.45, 7) is 0.176. The van der Waals surface area contributed by atoms with Crippen molar-refractivity contribution >= 4 is 11.6 Å². The molecule has 0 heterocycles. The standard InChI is InChI=1S/C11H15ClO4/c1-14-6-8(13)7-4-5-9(15-2)11(16-3)10(7)12/h4-5,8,13H,6H2,1-3H3. The lowest BCUT2D eigenvalue weighted by molar-refractivity contribution is 0.0643. The fourth-order valence-electron chi connectivity index (χ4n) is 1.41. The van der Waals surface area contributed by atoms with E-state index in [0.29, 0.717) is 22.1 Å². The van der Waals surface area contributed by atoms with Crippen LogP contribution in [0.25, 0.3) is 0 Å². The van der Waals surface area contributed by atoms with Crippen molar-refractivity contribution < 1.29 is 19.3 Å². The van der Waals surface area contributed by atoms with Crippen molar-refractivity contribution in [1.82, 2.24) is 0 Å². The molecule has 1 N–H and O–H groups in total. The number of hydrogen-bond acceptors (Lipinski definition) is 4. The van der Waals surface area contributed by atoms with E-state index in [9.17, 15) is 5.11 Å². The molecule has 0 saturated carbocycles. The van der Waals surface area contributed by atoms with Crippen molar-refractivity contribution in [2.75, 3.05) is 27.9 Å². The summed E-state index contributed by atoms with van der Waals surface area (Å²) in [5.74, 6) is 0.942. The lowest BCUT2D eigenvalue weighted by Gasteiger charge is -2.16. The largest absolute Gasteiger partial charge is 0.493 e. The molecule has 90 valence electrons. The van der Waals surface area contributed by atoms with Crippen molar-refractivity contribution in [3.63, 3.8) is 0 Å². The fraction of sp³-hybridized carbons (Fsp3) is 0.455. The van der Waals surface area contributed by atoms with E-state index >= 15 is 0 Å². The third-order valence-corrected chi connectivity index (χ3v) is 2.59. The molecule has 1 unspecified atom stereocenters. The maximum absolute atomic E-state index is 9.78. The number of ether oxygens (including phenoxy) is 3. The zero-order valence-electron chi connectivity index (χ0n) is 9.49. The zero-order valence-corrected chi connectivity index (χ0v) is 10.2. The average molecular weight is 247 g/mol. The molecule has 0 bridgehead atoms. The number of methoxy groups -OCH3 is 3. The summed E-state index contributed by atoms with van der Waals surface area (Å²) >= 11 is 6.10. The lowest BCUT2D eigenvalue weighted by atomic mass is 10.1. The first-order valence-electron chi connectivity index (χ1n) is 4.73. The van der Waals surface area contributed by atoms with Crippen LogP contribution in [0.3, 0.4) is 0 Å². The van der Waals surface area contributed by atoms with Crippen LogP contribution in [0.15, 0.2) is 12.1 Å². The van der Waals surface area contributed by atoms with Gasteiger partial charge in [0.2, 0.25) is 0 Å². The van der Waals surface area contributed by atoms with Gasteiger partial charge in [-0.3, -0.25) is 0 Å². The molecule has 16 heavy (non-hydrogen) atoms. The van der Waals surface area contributed by atoms with E-state index in [4.69, 9.17) is 25.8 Å². The minimum absolute atomic E-state index is 0.176. The van der Waals surface area contributed by atoms with Crippen LogP contribution in [0.5, 0.6) is 11.5 Å². The molecular weight excluding hydrogens is 232 g/mol. The van der Waals surface area contributed by atoms with Gasteiger partial charge < -0.3 is 19.3 Å². The van der Waals surface area contributed by atoms with Crippen LogP contribution >= 0.6 is 11.6 Å². The van der Waals surface area contributed by atoms with E-state index < -0.39 is 6.10 Å². The van der Waals surface area contributed by atoms with Crippen LogP contribution in [0.4, 0.5) is 0 Å². The van der Waals surface area contributed by atoms with Crippen LogP contribution in [-0.2, 0) is 4.74 Å². The quantitative estimate of drug-likeness (QED) is 0.864. The molecule has 1 aromatic rings. The van der Waals surface area contributed by atoms with Crippen molar-refractivity contribution in [1.29, 1.82) is 0 Å². The van der Waals surface area contributed by atoms with Crippen LogP contribution < -0.4 is 9.47 Å². The van der Waals surface area contributed by atoms with Gasteiger partial charge >= 0.3 is 0 Å². The van der Waals surface area contributed by atoms with E-state index in [1.165, 1.54) is 21.3 Å². The summed E-state index contributed by atoms with van der Waals surface area (Å²) in [7, 11) is 4.54. The summed E-state index contributed by atoms with van der Waals surface area (Å²) in [6, 6.07) is 3.38. The van der Waals surface area contributed by atoms with Crippen LogP contribution in [0.1, 0.15) is 11.7 Å². The minimum Gasteiger partial charge on any atom is -0.493 e. The van der Waals surface area contributed by atoms with E-state index in [1.807, 2.05) is 0 Å². The second kappa shape index (κ2) is 5.94. The van der Waals surface area contributed by atoms with E-state index in [0.717, 1.165) is 0 Å². The third-order valence-electron chi connectivity index (χ3n) is 2.20. The van der Waals surface area contributed by atoms with Gasteiger partial charge in [0, 0.05) is 12.7 Å². The predicted molar refractivity (Wildman–Crippen MR) is 61.4 cm³/mol. The Kier molecular flexibility index (Phi) is 4.86. The first kappa shape index (κ1) is 13.1. The molecule has 0 amide bonds. The Morgan fingerprint density at radius 1 is 1.25 bits per heavy atom. The first-order chi connectivity index (χ1) is 7.65. The second-order valence-corrected chi connectivity index (χ2v) is 3.55. The Morgan fingerprint density at radius 3 is 2.44 bits per heavy atom. The highest BCUT2D eigenvalue weighted by atomic mass is 35.5. The van der Waals surface area contributed by atoms with Crippen LogP contribution in [0, 0.1) is 0 Å². The molecule has 1 rings (SSSR count). The molecule has 0 aliphatic carbocycles. The van der Waals surface area contributed by atoms with Gasteiger partial charge in [0.1, 0.15) is 6.10 Å². The summed E-state index contributed by atoms with van der Waals surface area (Å²) in [5.41, 5.74) is 0.557. The van der Waals surface area contributed by atoms with Gasteiger partial charge in [-0.2, -0.15) is 0 Å². The van der Waals surface area contributed by atoms with Gasteiger partial charge in [0.25, 0.3) is 0 Å². The number of aliphatic hydroxyl groups excluding tert-OH is 1. The smallest absolute Gasteiger partial charge is 0.179 e. The fourth-order valence-corrected chi connectivity index (χ4v) is 1.77. The van der Waals surface area contributed by atoms with Crippen molar-refractivity contribution in [3.8, 4) is 11.5 Å². The molecule has 0 radical (unpaired) electrons. The Labute approximate surface area is 99.7 Å². The second-order valence-electron chi connectivity index (χ2n) is 3.18. The normalized spacial score (nSPS) is 12.3. The molecule has 0 aliphatic rings. The molecule has 1 aromatic carbocycles. The third kappa shape index (κ3) is 2.58. The Morgan fingerprint density at radius 2 is 1.94 bits per heavy atom. The maximum atomic E-state index is 9.78. The van der Waals surface area contributed by atoms with Gasteiger partial charge in [-0.25, -0.2) is 0 Å². The summed E-state index contributed by atoms with van der Waals surface area (Å²) in [5, 5.41) is 10.1. The number of hydrogen-bond donors (Lipinski definition) is 1. The molecule has 0 fully saturated rings. The molecule has 4 nitrogen and oxygen atoms in total. The Balaban J connectivity index is 3.13. The molecule has 0 saturated heterocycles. The number of halogens is 1. The summed E-state index contributed by atoms with van der Waals surface area (Å²) in [6.07, 6.45) is -0.780. The Bertz CT molecular complexity index is 354. The highest BCUT2D eigenvalue weighted by Crippen LogP contribution is 2.39. The first-order valence-corrected chi connectivity index (χ1v) is 5.10. The zero-order chi connectivity index (χ0) is 12.1. The van der Waals surface area contributed by atoms with E-state index in [2.05, 4.69) is 0 Å².